The Balaban J connectivity index is 1.62. The number of nitrogens with zero attached hydrogens (tertiary/aromatic N) is 3. The minimum atomic E-state index is -0.534. The van der Waals surface area contributed by atoms with Crippen molar-refractivity contribution in [1.29, 1.82) is 0 Å². The zero-order valence-corrected chi connectivity index (χ0v) is 11.9. The van der Waals surface area contributed by atoms with E-state index in [4.69, 9.17) is 4.74 Å². The Hall–Kier alpha value is -2.69. The number of benzene rings is 1. The van der Waals surface area contributed by atoms with E-state index in [0.717, 1.165) is 17.7 Å². The van der Waals surface area contributed by atoms with Gasteiger partial charge in [0.25, 0.3) is 5.91 Å². The van der Waals surface area contributed by atoms with Crippen molar-refractivity contribution in [2.24, 2.45) is 4.99 Å². The van der Waals surface area contributed by atoms with Crippen LogP contribution in [0.4, 0.5) is 5.69 Å². The standard InChI is InChI=1S/C17H15N3O2/c21-17(20-10-7-12-3-1-2-4-14(12)20)15-16(22-11-19-15)13-5-8-18-9-6-13/h1-6,8-9,11,15-16H,7,10H2/t15?,16-/m1/s1. The van der Waals surface area contributed by atoms with Crippen LogP contribution in [0.1, 0.15) is 17.2 Å². The number of aromatic nitrogens is 1. The summed E-state index contributed by atoms with van der Waals surface area (Å²) in [6.07, 6.45) is 5.30. The molecule has 2 aliphatic heterocycles. The van der Waals surface area contributed by atoms with Gasteiger partial charge in [0, 0.05) is 24.6 Å². The predicted octanol–water partition coefficient (Wildman–Crippen LogP) is 2.14. The highest BCUT2D eigenvalue weighted by atomic mass is 16.5. The van der Waals surface area contributed by atoms with Crippen molar-refractivity contribution in [3.05, 3.63) is 59.9 Å². The number of pyridine rings is 1. The number of fused-ring (bicyclic) bond motifs is 1. The molecule has 1 unspecified atom stereocenters. The molecule has 0 aliphatic carbocycles. The fourth-order valence-electron chi connectivity index (χ4n) is 3.05. The van der Waals surface area contributed by atoms with Gasteiger partial charge in [-0.1, -0.05) is 18.2 Å². The SMILES string of the molecule is O=C(C1N=CO[C@@H]1c1ccncc1)N1CCc2ccccc21. The average molecular weight is 293 g/mol. The summed E-state index contributed by atoms with van der Waals surface area (Å²) < 4.78 is 5.55. The van der Waals surface area contributed by atoms with Crippen LogP contribution >= 0.6 is 0 Å². The maximum absolute atomic E-state index is 12.9. The highest BCUT2D eigenvalue weighted by Crippen LogP contribution is 2.33. The minimum absolute atomic E-state index is 0.0134. The lowest BCUT2D eigenvalue weighted by Gasteiger charge is -2.23. The molecule has 0 radical (unpaired) electrons. The maximum Gasteiger partial charge on any atom is 0.256 e. The number of anilines is 1. The number of ether oxygens (including phenoxy) is 1. The molecule has 4 rings (SSSR count). The maximum atomic E-state index is 12.9. The Kier molecular flexibility index (Phi) is 3.11. The normalized spacial score (nSPS) is 22.5. The fourth-order valence-corrected chi connectivity index (χ4v) is 3.05. The number of para-hydroxylation sites is 1. The molecular weight excluding hydrogens is 278 g/mol. The smallest absolute Gasteiger partial charge is 0.256 e. The minimum Gasteiger partial charge on any atom is -0.473 e. The lowest BCUT2D eigenvalue weighted by Crippen LogP contribution is -2.39. The van der Waals surface area contributed by atoms with E-state index in [1.165, 1.54) is 12.0 Å². The van der Waals surface area contributed by atoms with Crippen LogP contribution in [0.25, 0.3) is 0 Å². The van der Waals surface area contributed by atoms with Gasteiger partial charge in [0.05, 0.1) is 0 Å². The van der Waals surface area contributed by atoms with E-state index in [1.807, 2.05) is 35.2 Å². The zero-order valence-electron chi connectivity index (χ0n) is 11.9. The lowest BCUT2D eigenvalue weighted by atomic mass is 10.0. The van der Waals surface area contributed by atoms with Crippen molar-refractivity contribution >= 4 is 18.0 Å². The first-order valence-electron chi connectivity index (χ1n) is 7.31. The molecule has 1 aromatic heterocycles. The highest BCUT2D eigenvalue weighted by molar-refractivity contribution is 6.00. The highest BCUT2D eigenvalue weighted by Gasteiger charge is 2.38. The molecule has 5 heteroatoms. The molecule has 22 heavy (non-hydrogen) atoms. The van der Waals surface area contributed by atoms with Gasteiger partial charge < -0.3 is 9.64 Å². The van der Waals surface area contributed by atoms with Crippen LogP contribution in [0.3, 0.4) is 0 Å². The van der Waals surface area contributed by atoms with Crippen molar-refractivity contribution in [3.8, 4) is 0 Å². The summed E-state index contributed by atoms with van der Waals surface area (Å²) in [6, 6.07) is 11.2. The first-order chi connectivity index (χ1) is 10.8. The van der Waals surface area contributed by atoms with Gasteiger partial charge in [0.15, 0.2) is 18.5 Å². The van der Waals surface area contributed by atoms with Gasteiger partial charge in [-0.15, -0.1) is 0 Å². The molecule has 0 saturated carbocycles. The molecule has 110 valence electrons. The third-order valence-electron chi connectivity index (χ3n) is 4.16. The topological polar surface area (TPSA) is 54.8 Å². The van der Waals surface area contributed by atoms with Crippen LogP contribution in [0.15, 0.2) is 53.8 Å². The van der Waals surface area contributed by atoms with Gasteiger partial charge in [0.2, 0.25) is 0 Å². The zero-order chi connectivity index (χ0) is 14.9. The number of rotatable bonds is 2. The first-order valence-corrected chi connectivity index (χ1v) is 7.31. The predicted molar refractivity (Wildman–Crippen MR) is 82.8 cm³/mol. The molecule has 0 fully saturated rings. The fraction of sp³-hybridized carbons (Fsp3) is 0.235. The Morgan fingerprint density at radius 2 is 2.00 bits per heavy atom. The molecule has 2 aromatic rings. The van der Waals surface area contributed by atoms with Crippen molar-refractivity contribution in [1.82, 2.24) is 4.98 Å². The van der Waals surface area contributed by atoms with E-state index in [1.54, 1.807) is 12.4 Å². The summed E-state index contributed by atoms with van der Waals surface area (Å²) in [7, 11) is 0. The molecule has 2 atom stereocenters. The third kappa shape index (κ3) is 2.06. The van der Waals surface area contributed by atoms with Gasteiger partial charge >= 0.3 is 0 Å². The third-order valence-corrected chi connectivity index (χ3v) is 4.16. The van der Waals surface area contributed by atoms with Crippen LogP contribution in [-0.2, 0) is 16.0 Å². The summed E-state index contributed by atoms with van der Waals surface area (Å²) in [5.41, 5.74) is 3.11. The summed E-state index contributed by atoms with van der Waals surface area (Å²) >= 11 is 0. The molecule has 5 nitrogen and oxygen atoms in total. The van der Waals surface area contributed by atoms with E-state index in [9.17, 15) is 4.79 Å². The van der Waals surface area contributed by atoms with Gasteiger partial charge in [-0.25, -0.2) is 4.99 Å². The van der Waals surface area contributed by atoms with E-state index in [-0.39, 0.29) is 12.0 Å². The molecule has 0 saturated heterocycles. The molecule has 0 spiro atoms. The van der Waals surface area contributed by atoms with Crippen molar-refractivity contribution in [3.63, 3.8) is 0 Å². The van der Waals surface area contributed by atoms with Crippen LogP contribution in [0, 0.1) is 0 Å². The second-order valence-electron chi connectivity index (χ2n) is 5.41. The van der Waals surface area contributed by atoms with E-state index < -0.39 is 6.04 Å². The largest absolute Gasteiger partial charge is 0.473 e. The Morgan fingerprint density at radius 3 is 2.86 bits per heavy atom. The number of carbonyl (C=O) groups excluding carboxylic acids is 1. The summed E-state index contributed by atoms with van der Waals surface area (Å²) in [4.78, 5) is 23.0. The number of hydrogen-bond donors (Lipinski definition) is 0. The van der Waals surface area contributed by atoms with Crippen LogP contribution in [0.5, 0.6) is 0 Å². The molecule has 1 amide bonds. The Bertz CT molecular complexity index is 730. The molecule has 2 aliphatic rings. The second-order valence-corrected chi connectivity index (χ2v) is 5.41. The lowest BCUT2D eigenvalue weighted by molar-refractivity contribution is -0.121. The summed E-state index contributed by atoms with van der Waals surface area (Å²) in [5.74, 6) is -0.0134. The Labute approximate surface area is 128 Å². The second kappa shape index (κ2) is 5.26. The Morgan fingerprint density at radius 1 is 1.18 bits per heavy atom. The summed E-state index contributed by atoms with van der Waals surface area (Å²) in [5, 5.41) is 0. The number of aliphatic imine (C=N–C) groups is 1. The van der Waals surface area contributed by atoms with Gasteiger partial charge in [0.1, 0.15) is 0 Å². The van der Waals surface area contributed by atoms with Gasteiger partial charge in [-0.3, -0.25) is 9.78 Å². The van der Waals surface area contributed by atoms with Gasteiger partial charge in [-0.05, 0) is 35.7 Å². The van der Waals surface area contributed by atoms with Crippen molar-refractivity contribution in [2.75, 3.05) is 11.4 Å². The van der Waals surface area contributed by atoms with Crippen molar-refractivity contribution in [2.45, 2.75) is 18.6 Å². The van der Waals surface area contributed by atoms with E-state index >= 15 is 0 Å². The quantitative estimate of drug-likeness (QED) is 0.852. The van der Waals surface area contributed by atoms with E-state index in [2.05, 4.69) is 16.0 Å². The monoisotopic (exact) mass is 293 g/mol. The van der Waals surface area contributed by atoms with Crippen LogP contribution < -0.4 is 4.90 Å². The van der Waals surface area contributed by atoms with Crippen molar-refractivity contribution < 1.29 is 9.53 Å². The summed E-state index contributed by atoms with van der Waals surface area (Å²) in [6.45, 7) is 0.702. The number of hydrogen-bond acceptors (Lipinski definition) is 4. The van der Waals surface area contributed by atoms with Crippen LogP contribution in [0.2, 0.25) is 0 Å². The molecule has 3 heterocycles. The molecule has 0 N–H and O–H groups in total. The molecular formula is C17H15N3O2. The number of carbonyl (C=O) groups is 1. The number of amides is 1. The van der Waals surface area contributed by atoms with Crippen LogP contribution in [-0.4, -0.2) is 29.9 Å². The molecule has 1 aromatic carbocycles. The van der Waals surface area contributed by atoms with Gasteiger partial charge in [-0.2, -0.15) is 0 Å². The first kappa shape index (κ1) is 13.0. The molecule has 0 bridgehead atoms. The van der Waals surface area contributed by atoms with E-state index in [0.29, 0.717) is 6.54 Å². The average Bonchev–Trinajstić information content (AvgIpc) is 3.22.